The second-order valence-corrected chi connectivity index (χ2v) is 5.43. The Hall–Kier alpha value is -0.0800. The molecule has 0 heterocycles. The molecule has 1 rings (SSSR count). The Morgan fingerprint density at radius 2 is 1.92 bits per heavy atom. The Kier molecular flexibility index (Phi) is 3.03. The van der Waals surface area contributed by atoms with Gasteiger partial charge in [0.05, 0.1) is 12.2 Å². The van der Waals surface area contributed by atoms with Gasteiger partial charge in [0.15, 0.2) is 0 Å². The molecule has 0 bridgehead atoms. The van der Waals surface area contributed by atoms with E-state index < -0.39 is 5.60 Å². The van der Waals surface area contributed by atoms with Crippen molar-refractivity contribution in [3.8, 4) is 0 Å². The van der Waals surface area contributed by atoms with Crippen LogP contribution in [0.3, 0.4) is 0 Å². The molecule has 2 unspecified atom stereocenters. The second kappa shape index (κ2) is 3.58. The fraction of sp³-hybridized carbons (Fsp3) is 1.00. The number of rotatable bonds is 1. The third-order valence-electron chi connectivity index (χ3n) is 3.32. The van der Waals surface area contributed by atoms with Crippen molar-refractivity contribution in [2.45, 2.75) is 52.1 Å². The molecule has 2 N–H and O–H groups in total. The summed E-state index contributed by atoms with van der Waals surface area (Å²) < 4.78 is 0. The van der Waals surface area contributed by atoms with Gasteiger partial charge < -0.3 is 10.2 Å². The molecule has 1 fully saturated rings. The molecule has 0 aromatic rings. The average molecular weight is 186 g/mol. The van der Waals surface area contributed by atoms with Crippen LogP contribution in [0.25, 0.3) is 0 Å². The van der Waals surface area contributed by atoms with Crippen molar-refractivity contribution in [1.29, 1.82) is 0 Å². The van der Waals surface area contributed by atoms with Crippen LogP contribution in [0, 0.1) is 11.3 Å². The molecular weight excluding hydrogens is 164 g/mol. The van der Waals surface area contributed by atoms with E-state index in [1.807, 2.05) is 0 Å². The van der Waals surface area contributed by atoms with Gasteiger partial charge in [0.1, 0.15) is 0 Å². The molecule has 2 heteroatoms. The molecule has 13 heavy (non-hydrogen) atoms. The summed E-state index contributed by atoms with van der Waals surface area (Å²) in [4.78, 5) is 0. The van der Waals surface area contributed by atoms with E-state index in [9.17, 15) is 10.2 Å². The van der Waals surface area contributed by atoms with Gasteiger partial charge in [0, 0.05) is 0 Å². The largest absolute Gasteiger partial charge is 0.393 e. The molecule has 1 saturated carbocycles. The van der Waals surface area contributed by atoms with E-state index in [0.717, 1.165) is 19.3 Å². The quantitative estimate of drug-likeness (QED) is 0.657. The van der Waals surface area contributed by atoms with E-state index in [0.29, 0.717) is 0 Å². The highest BCUT2D eigenvalue weighted by atomic mass is 16.3. The lowest BCUT2D eigenvalue weighted by Crippen LogP contribution is -2.49. The first-order valence-electron chi connectivity index (χ1n) is 5.23. The van der Waals surface area contributed by atoms with E-state index in [1.54, 1.807) is 0 Å². The third-order valence-corrected chi connectivity index (χ3v) is 3.32. The predicted molar refractivity (Wildman–Crippen MR) is 53.4 cm³/mol. The van der Waals surface area contributed by atoms with Gasteiger partial charge >= 0.3 is 0 Å². The summed E-state index contributed by atoms with van der Waals surface area (Å²) in [6.45, 7) is 6.34. The van der Waals surface area contributed by atoms with E-state index in [2.05, 4.69) is 20.8 Å². The Bertz CT molecular complexity index is 171. The molecule has 0 amide bonds. The zero-order valence-electron chi connectivity index (χ0n) is 9.01. The minimum absolute atomic E-state index is 0.0884. The smallest absolute Gasteiger partial charge is 0.0910 e. The van der Waals surface area contributed by atoms with E-state index in [1.165, 1.54) is 6.42 Å². The van der Waals surface area contributed by atoms with Gasteiger partial charge in [-0.3, -0.25) is 0 Å². The first-order chi connectivity index (χ1) is 5.90. The standard InChI is InChI=1S/C11H22O2/c1-10(2,3)9-6-4-5-7-11(9,13)8-12/h9,12-13H,4-8H2,1-3H3. The summed E-state index contributed by atoms with van der Waals surface area (Å²) in [5, 5.41) is 19.5. The molecule has 0 aromatic heterocycles. The number of aliphatic hydroxyl groups excluding tert-OH is 1. The summed E-state index contributed by atoms with van der Waals surface area (Å²) in [5.74, 6) is 0.235. The lowest BCUT2D eigenvalue weighted by molar-refractivity contribution is -0.119. The Morgan fingerprint density at radius 1 is 1.31 bits per heavy atom. The highest BCUT2D eigenvalue weighted by molar-refractivity contribution is 4.94. The van der Waals surface area contributed by atoms with Crippen LogP contribution in [0.15, 0.2) is 0 Å². The fourth-order valence-corrected chi connectivity index (χ4v) is 2.65. The van der Waals surface area contributed by atoms with Crippen molar-refractivity contribution in [2.75, 3.05) is 6.61 Å². The molecule has 0 aliphatic heterocycles. The van der Waals surface area contributed by atoms with Crippen LogP contribution in [0.2, 0.25) is 0 Å². The molecule has 2 nitrogen and oxygen atoms in total. The highest BCUT2D eigenvalue weighted by Gasteiger charge is 2.44. The third kappa shape index (κ3) is 2.23. The van der Waals surface area contributed by atoms with Gasteiger partial charge in [-0.25, -0.2) is 0 Å². The molecule has 0 spiro atoms. The van der Waals surface area contributed by atoms with Gasteiger partial charge in [-0.15, -0.1) is 0 Å². The summed E-state index contributed by atoms with van der Waals surface area (Å²) in [6.07, 6.45) is 4.03. The summed E-state index contributed by atoms with van der Waals surface area (Å²) in [7, 11) is 0. The minimum atomic E-state index is -0.823. The van der Waals surface area contributed by atoms with Crippen LogP contribution in [0.4, 0.5) is 0 Å². The van der Waals surface area contributed by atoms with Crippen LogP contribution in [-0.2, 0) is 0 Å². The highest BCUT2D eigenvalue weighted by Crippen LogP contribution is 2.43. The maximum atomic E-state index is 10.2. The summed E-state index contributed by atoms with van der Waals surface area (Å²) >= 11 is 0. The number of hydrogen-bond acceptors (Lipinski definition) is 2. The lowest BCUT2D eigenvalue weighted by atomic mass is 9.64. The molecule has 1 aliphatic rings. The van der Waals surface area contributed by atoms with Crippen LogP contribution in [-0.4, -0.2) is 22.4 Å². The van der Waals surface area contributed by atoms with Gasteiger partial charge in [-0.1, -0.05) is 33.6 Å². The van der Waals surface area contributed by atoms with Crippen molar-refractivity contribution >= 4 is 0 Å². The number of aliphatic hydroxyl groups is 2. The maximum Gasteiger partial charge on any atom is 0.0910 e. The summed E-state index contributed by atoms with van der Waals surface area (Å²) in [6, 6.07) is 0. The lowest BCUT2D eigenvalue weighted by Gasteiger charge is -2.45. The first kappa shape index (κ1) is 11.0. The van der Waals surface area contributed by atoms with Crippen LogP contribution in [0.1, 0.15) is 46.5 Å². The van der Waals surface area contributed by atoms with Gasteiger partial charge in [-0.05, 0) is 24.2 Å². The van der Waals surface area contributed by atoms with Crippen molar-refractivity contribution in [3.63, 3.8) is 0 Å². The minimum Gasteiger partial charge on any atom is -0.393 e. The average Bonchev–Trinajstić information content (AvgIpc) is 2.03. The monoisotopic (exact) mass is 186 g/mol. The van der Waals surface area contributed by atoms with Gasteiger partial charge in [0.25, 0.3) is 0 Å². The molecule has 0 saturated heterocycles. The van der Waals surface area contributed by atoms with Gasteiger partial charge in [-0.2, -0.15) is 0 Å². The maximum absolute atomic E-state index is 10.2. The number of hydrogen-bond donors (Lipinski definition) is 2. The van der Waals surface area contributed by atoms with Crippen molar-refractivity contribution in [2.24, 2.45) is 11.3 Å². The van der Waals surface area contributed by atoms with Crippen LogP contribution < -0.4 is 0 Å². The summed E-state index contributed by atoms with van der Waals surface area (Å²) in [5.41, 5.74) is -0.728. The Morgan fingerprint density at radius 3 is 2.31 bits per heavy atom. The van der Waals surface area contributed by atoms with E-state index in [4.69, 9.17) is 0 Å². The van der Waals surface area contributed by atoms with Gasteiger partial charge in [0.2, 0.25) is 0 Å². The molecule has 0 aromatic carbocycles. The predicted octanol–water partition coefficient (Wildman–Crippen LogP) is 1.95. The Labute approximate surface area is 81.0 Å². The normalized spacial score (nSPS) is 36.2. The van der Waals surface area contributed by atoms with Crippen molar-refractivity contribution in [3.05, 3.63) is 0 Å². The first-order valence-corrected chi connectivity index (χ1v) is 5.23. The molecule has 78 valence electrons. The van der Waals surface area contributed by atoms with Crippen LogP contribution >= 0.6 is 0 Å². The topological polar surface area (TPSA) is 40.5 Å². The fourth-order valence-electron chi connectivity index (χ4n) is 2.65. The molecule has 0 radical (unpaired) electrons. The second-order valence-electron chi connectivity index (χ2n) is 5.43. The zero-order chi connectivity index (χ0) is 10.1. The van der Waals surface area contributed by atoms with Crippen molar-refractivity contribution < 1.29 is 10.2 Å². The van der Waals surface area contributed by atoms with E-state index >= 15 is 0 Å². The molecule has 2 atom stereocenters. The Balaban J connectivity index is 2.79. The molecule has 1 aliphatic carbocycles. The van der Waals surface area contributed by atoms with E-state index in [-0.39, 0.29) is 17.9 Å². The SMILES string of the molecule is CC(C)(C)C1CCCCC1(O)CO. The van der Waals surface area contributed by atoms with Crippen molar-refractivity contribution in [1.82, 2.24) is 0 Å². The van der Waals surface area contributed by atoms with Crippen LogP contribution in [0.5, 0.6) is 0 Å². The zero-order valence-corrected chi connectivity index (χ0v) is 9.01. The molecular formula is C11H22O2.